The van der Waals surface area contributed by atoms with Crippen LogP contribution < -0.4 is 4.74 Å². The van der Waals surface area contributed by atoms with Crippen molar-refractivity contribution in [1.29, 1.82) is 0 Å². The minimum absolute atomic E-state index is 0.0402. The molecular formula is C19H22FNO. The first-order valence-electron chi connectivity index (χ1n) is 7.82. The number of aryl methyl sites for hydroxylation is 2. The molecule has 0 fully saturated rings. The normalized spacial score (nSPS) is 16.0. The number of nitrogens with zero attached hydrogens (tertiary/aromatic N) is 1. The Morgan fingerprint density at radius 2 is 2.00 bits per heavy atom. The summed E-state index contributed by atoms with van der Waals surface area (Å²) in [5.74, 6) is 0.490. The van der Waals surface area contributed by atoms with Crippen molar-refractivity contribution in [2.24, 2.45) is 5.41 Å². The second kappa shape index (κ2) is 5.38. The Hall–Kier alpha value is -1.90. The quantitative estimate of drug-likeness (QED) is 0.800. The van der Waals surface area contributed by atoms with Crippen LogP contribution in [0, 0.1) is 18.2 Å². The van der Waals surface area contributed by atoms with Crippen molar-refractivity contribution in [2.45, 2.75) is 40.5 Å². The molecule has 0 saturated heterocycles. The van der Waals surface area contributed by atoms with Gasteiger partial charge >= 0.3 is 0 Å². The molecule has 22 heavy (non-hydrogen) atoms. The lowest BCUT2D eigenvalue weighted by Crippen LogP contribution is -2.30. The fourth-order valence-corrected chi connectivity index (χ4v) is 2.99. The van der Waals surface area contributed by atoms with Crippen LogP contribution >= 0.6 is 0 Å². The van der Waals surface area contributed by atoms with Crippen LogP contribution in [-0.2, 0) is 12.8 Å². The third kappa shape index (κ3) is 2.72. The SMILES string of the molecule is CCc1ccc(-c2cc(C)nc3c2CC(C)(C)CO3)c(F)c1. The zero-order valence-electron chi connectivity index (χ0n) is 13.7. The van der Waals surface area contributed by atoms with Crippen LogP contribution in [0.15, 0.2) is 24.3 Å². The molecule has 0 N–H and O–H groups in total. The monoisotopic (exact) mass is 299 g/mol. The molecule has 0 spiro atoms. The molecule has 0 unspecified atom stereocenters. The summed E-state index contributed by atoms with van der Waals surface area (Å²) in [5, 5.41) is 0. The molecule has 1 aromatic carbocycles. The van der Waals surface area contributed by atoms with Crippen LogP contribution in [0.2, 0.25) is 0 Å². The third-order valence-corrected chi connectivity index (χ3v) is 4.20. The van der Waals surface area contributed by atoms with Gasteiger partial charge in [-0.15, -0.1) is 0 Å². The second-order valence-corrected chi connectivity index (χ2v) is 6.89. The molecule has 1 aromatic heterocycles. The Kier molecular flexibility index (Phi) is 3.67. The van der Waals surface area contributed by atoms with Crippen LogP contribution in [0.1, 0.15) is 37.6 Å². The maximum Gasteiger partial charge on any atom is 0.217 e. The number of hydrogen-bond acceptors (Lipinski definition) is 2. The number of rotatable bonds is 2. The lowest BCUT2D eigenvalue weighted by Gasteiger charge is -2.32. The Balaban J connectivity index is 2.17. The van der Waals surface area contributed by atoms with Gasteiger partial charge in [0, 0.05) is 22.2 Å². The molecule has 1 aliphatic rings. The van der Waals surface area contributed by atoms with Gasteiger partial charge in [0.15, 0.2) is 0 Å². The van der Waals surface area contributed by atoms with E-state index in [2.05, 4.69) is 18.8 Å². The zero-order chi connectivity index (χ0) is 15.9. The van der Waals surface area contributed by atoms with E-state index >= 15 is 0 Å². The van der Waals surface area contributed by atoms with E-state index in [-0.39, 0.29) is 11.2 Å². The predicted molar refractivity (Wildman–Crippen MR) is 86.7 cm³/mol. The highest BCUT2D eigenvalue weighted by molar-refractivity contribution is 5.71. The number of pyridine rings is 1. The zero-order valence-corrected chi connectivity index (χ0v) is 13.7. The Morgan fingerprint density at radius 3 is 2.68 bits per heavy atom. The van der Waals surface area contributed by atoms with Crippen LogP contribution in [-0.4, -0.2) is 11.6 Å². The van der Waals surface area contributed by atoms with Crippen LogP contribution in [0.3, 0.4) is 0 Å². The fourth-order valence-electron chi connectivity index (χ4n) is 2.99. The molecule has 1 aliphatic heterocycles. The molecule has 0 bridgehead atoms. The van der Waals surface area contributed by atoms with Crippen LogP contribution in [0.5, 0.6) is 5.88 Å². The Bertz CT molecular complexity index is 722. The van der Waals surface area contributed by atoms with Crippen molar-refractivity contribution in [3.8, 4) is 17.0 Å². The first kappa shape index (κ1) is 15.0. The largest absolute Gasteiger partial charge is 0.477 e. The van der Waals surface area contributed by atoms with E-state index in [0.717, 1.165) is 35.2 Å². The lowest BCUT2D eigenvalue weighted by atomic mass is 9.82. The lowest BCUT2D eigenvalue weighted by molar-refractivity contribution is 0.148. The molecule has 2 nitrogen and oxygen atoms in total. The number of aromatic nitrogens is 1. The van der Waals surface area contributed by atoms with E-state index in [9.17, 15) is 4.39 Å². The van der Waals surface area contributed by atoms with E-state index in [0.29, 0.717) is 18.1 Å². The van der Waals surface area contributed by atoms with E-state index in [1.807, 2.05) is 32.0 Å². The van der Waals surface area contributed by atoms with Gasteiger partial charge in [-0.2, -0.15) is 0 Å². The van der Waals surface area contributed by atoms with Gasteiger partial charge in [0.2, 0.25) is 5.88 Å². The molecule has 0 aliphatic carbocycles. The van der Waals surface area contributed by atoms with Crippen molar-refractivity contribution < 1.29 is 9.13 Å². The van der Waals surface area contributed by atoms with E-state index < -0.39 is 0 Å². The number of hydrogen-bond donors (Lipinski definition) is 0. The number of fused-ring (bicyclic) bond motifs is 1. The molecule has 0 saturated carbocycles. The molecule has 3 heteroatoms. The molecule has 0 atom stereocenters. The summed E-state index contributed by atoms with van der Waals surface area (Å²) in [5.41, 5.74) is 4.48. The smallest absolute Gasteiger partial charge is 0.217 e. The summed E-state index contributed by atoms with van der Waals surface area (Å²) >= 11 is 0. The van der Waals surface area contributed by atoms with Crippen LogP contribution in [0.25, 0.3) is 11.1 Å². The summed E-state index contributed by atoms with van der Waals surface area (Å²) in [6.07, 6.45) is 1.68. The highest BCUT2D eigenvalue weighted by Crippen LogP contribution is 2.40. The molecule has 0 radical (unpaired) electrons. The topological polar surface area (TPSA) is 22.1 Å². The predicted octanol–water partition coefficient (Wildman–Crippen LogP) is 4.72. The number of benzene rings is 1. The Morgan fingerprint density at radius 1 is 1.23 bits per heavy atom. The average molecular weight is 299 g/mol. The average Bonchev–Trinajstić information content (AvgIpc) is 2.46. The first-order valence-corrected chi connectivity index (χ1v) is 7.82. The van der Waals surface area contributed by atoms with Gasteiger partial charge in [-0.1, -0.05) is 32.9 Å². The van der Waals surface area contributed by atoms with Gasteiger partial charge in [0.1, 0.15) is 5.82 Å². The molecular weight excluding hydrogens is 277 g/mol. The minimum Gasteiger partial charge on any atom is -0.477 e. The van der Waals surface area contributed by atoms with Crippen molar-refractivity contribution in [3.63, 3.8) is 0 Å². The second-order valence-electron chi connectivity index (χ2n) is 6.89. The maximum atomic E-state index is 14.6. The molecule has 2 heterocycles. The van der Waals surface area contributed by atoms with Gasteiger partial charge in [0.25, 0.3) is 0 Å². The first-order chi connectivity index (χ1) is 10.4. The molecule has 2 aromatic rings. The van der Waals surface area contributed by atoms with Crippen molar-refractivity contribution in [3.05, 3.63) is 46.9 Å². The van der Waals surface area contributed by atoms with E-state index in [1.54, 1.807) is 6.07 Å². The van der Waals surface area contributed by atoms with E-state index in [4.69, 9.17) is 4.74 Å². The fraction of sp³-hybridized carbons (Fsp3) is 0.421. The standard InChI is InChI=1S/C19H22FNO/c1-5-13-6-7-14(17(20)9-13)15-8-12(2)21-18-16(15)10-19(3,4)11-22-18/h6-9H,5,10-11H2,1-4H3. The van der Waals surface area contributed by atoms with Crippen molar-refractivity contribution >= 4 is 0 Å². The molecule has 116 valence electrons. The van der Waals surface area contributed by atoms with Gasteiger partial charge in [0.05, 0.1) is 6.61 Å². The Labute approximate surface area is 131 Å². The molecule has 0 amide bonds. The van der Waals surface area contributed by atoms with Gasteiger partial charge in [-0.25, -0.2) is 9.37 Å². The summed E-state index contributed by atoms with van der Waals surface area (Å²) in [6, 6.07) is 7.47. The van der Waals surface area contributed by atoms with Gasteiger partial charge in [-0.3, -0.25) is 0 Å². The highest BCUT2D eigenvalue weighted by Gasteiger charge is 2.30. The molecule has 3 rings (SSSR count). The van der Waals surface area contributed by atoms with Gasteiger partial charge in [-0.05, 0) is 43.0 Å². The maximum absolute atomic E-state index is 14.6. The highest BCUT2D eigenvalue weighted by atomic mass is 19.1. The number of ether oxygens (including phenoxy) is 1. The van der Waals surface area contributed by atoms with Crippen LogP contribution in [0.4, 0.5) is 4.39 Å². The van der Waals surface area contributed by atoms with Crippen molar-refractivity contribution in [1.82, 2.24) is 4.98 Å². The summed E-state index contributed by atoms with van der Waals surface area (Å²) < 4.78 is 20.4. The van der Waals surface area contributed by atoms with Crippen molar-refractivity contribution in [2.75, 3.05) is 6.61 Å². The van der Waals surface area contributed by atoms with Gasteiger partial charge < -0.3 is 4.74 Å². The number of halogens is 1. The third-order valence-electron chi connectivity index (χ3n) is 4.20. The minimum atomic E-state index is -0.171. The summed E-state index contributed by atoms with van der Waals surface area (Å²) in [6.45, 7) is 8.92. The summed E-state index contributed by atoms with van der Waals surface area (Å²) in [7, 11) is 0. The summed E-state index contributed by atoms with van der Waals surface area (Å²) in [4.78, 5) is 4.48. The van der Waals surface area contributed by atoms with E-state index in [1.165, 1.54) is 0 Å².